The summed E-state index contributed by atoms with van der Waals surface area (Å²) < 4.78 is 0. The van der Waals surface area contributed by atoms with Crippen LogP contribution in [0, 0.1) is 0 Å². The van der Waals surface area contributed by atoms with Crippen molar-refractivity contribution in [3.05, 3.63) is 90.0 Å². The molecule has 2 amide bonds. The molecule has 1 heterocycles. The number of amidine groups is 1. The predicted molar refractivity (Wildman–Crippen MR) is 124 cm³/mol. The molecule has 1 fully saturated rings. The molecule has 1 N–H and O–H groups in total. The normalized spacial score (nSPS) is 16.8. The summed E-state index contributed by atoms with van der Waals surface area (Å²) in [7, 11) is 0. The number of nitrogens with one attached hydrogen (secondary N) is 1. The quantitative estimate of drug-likeness (QED) is 0.333. The van der Waals surface area contributed by atoms with E-state index < -0.39 is 5.25 Å². The molecule has 3 aromatic carbocycles. The first-order chi connectivity index (χ1) is 14.6. The van der Waals surface area contributed by atoms with Gasteiger partial charge in [0.2, 0.25) is 11.8 Å². The third kappa shape index (κ3) is 4.72. The molecule has 0 aromatic heterocycles. The second kappa shape index (κ2) is 9.15. The van der Waals surface area contributed by atoms with E-state index in [9.17, 15) is 9.59 Å². The SMILES string of the molecule is O=C1C[C@@H](SC(=Nc2ccccc2)Nc2ccccc2)C(=O)N1c1cccc(Cl)c1. The van der Waals surface area contributed by atoms with Crippen LogP contribution in [-0.4, -0.2) is 22.2 Å². The largest absolute Gasteiger partial charge is 0.335 e. The Labute approximate surface area is 183 Å². The second-order valence-corrected chi connectivity index (χ2v) is 8.23. The molecule has 150 valence electrons. The standard InChI is InChI=1S/C23H18ClN3O2S/c24-16-8-7-13-19(14-16)27-21(28)15-20(22(27)29)30-23(25-17-9-3-1-4-10-17)26-18-11-5-2-6-12-18/h1-14,20H,15H2,(H,25,26)/t20-/m1/s1. The Morgan fingerprint density at radius 2 is 1.67 bits per heavy atom. The zero-order chi connectivity index (χ0) is 20.9. The molecule has 0 spiro atoms. The summed E-state index contributed by atoms with van der Waals surface area (Å²) >= 11 is 7.29. The summed E-state index contributed by atoms with van der Waals surface area (Å²) in [5, 5.41) is 3.71. The number of hydrogen-bond donors (Lipinski definition) is 1. The van der Waals surface area contributed by atoms with Crippen molar-refractivity contribution in [3.8, 4) is 0 Å². The number of carbonyl (C=O) groups is 2. The number of carbonyl (C=O) groups excluding carboxylic acids is 2. The van der Waals surface area contributed by atoms with E-state index >= 15 is 0 Å². The van der Waals surface area contributed by atoms with Gasteiger partial charge in [-0.1, -0.05) is 65.8 Å². The fourth-order valence-corrected chi connectivity index (χ4v) is 4.29. The van der Waals surface area contributed by atoms with Crippen molar-refractivity contribution >= 4 is 57.4 Å². The van der Waals surface area contributed by atoms with Crippen molar-refractivity contribution in [2.75, 3.05) is 10.2 Å². The lowest BCUT2D eigenvalue weighted by Gasteiger charge is -2.16. The van der Waals surface area contributed by atoms with Gasteiger partial charge in [0.1, 0.15) is 5.25 Å². The van der Waals surface area contributed by atoms with Gasteiger partial charge in [0.15, 0.2) is 5.17 Å². The van der Waals surface area contributed by atoms with Crippen LogP contribution in [0.1, 0.15) is 6.42 Å². The molecule has 3 aromatic rings. The van der Waals surface area contributed by atoms with Crippen LogP contribution in [0.2, 0.25) is 5.02 Å². The van der Waals surface area contributed by atoms with E-state index in [-0.39, 0.29) is 18.2 Å². The number of amides is 2. The molecule has 4 rings (SSSR count). The smallest absolute Gasteiger partial charge is 0.247 e. The number of benzene rings is 3. The highest BCUT2D eigenvalue weighted by Crippen LogP contribution is 2.32. The van der Waals surface area contributed by atoms with Crippen molar-refractivity contribution in [1.29, 1.82) is 0 Å². The van der Waals surface area contributed by atoms with Gasteiger partial charge in [-0.15, -0.1) is 0 Å². The maximum absolute atomic E-state index is 13.0. The van der Waals surface area contributed by atoms with Crippen LogP contribution in [0.15, 0.2) is 89.9 Å². The summed E-state index contributed by atoms with van der Waals surface area (Å²) in [5.74, 6) is -0.526. The van der Waals surface area contributed by atoms with Crippen LogP contribution in [0.4, 0.5) is 17.1 Å². The summed E-state index contributed by atoms with van der Waals surface area (Å²) in [6, 6.07) is 25.8. The molecule has 30 heavy (non-hydrogen) atoms. The van der Waals surface area contributed by atoms with E-state index in [0.29, 0.717) is 15.9 Å². The minimum Gasteiger partial charge on any atom is -0.335 e. The van der Waals surface area contributed by atoms with Crippen LogP contribution in [-0.2, 0) is 9.59 Å². The molecule has 0 bridgehead atoms. The van der Waals surface area contributed by atoms with Gasteiger partial charge in [-0.3, -0.25) is 9.59 Å². The molecular weight excluding hydrogens is 418 g/mol. The highest BCUT2D eigenvalue weighted by molar-refractivity contribution is 8.15. The van der Waals surface area contributed by atoms with E-state index in [4.69, 9.17) is 11.6 Å². The average molecular weight is 436 g/mol. The first kappa shape index (κ1) is 20.2. The zero-order valence-electron chi connectivity index (χ0n) is 15.9. The Bertz CT molecular complexity index is 1090. The van der Waals surface area contributed by atoms with Crippen molar-refractivity contribution < 1.29 is 9.59 Å². The number of rotatable bonds is 4. The maximum atomic E-state index is 13.0. The fraction of sp³-hybridized carbons (Fsp3) is 0.0870. The molecule has 0 unspecified atom stereocenters. The van der Waals surface area contributed by atoms with E-state index in [1.807, 2.05) is 60.7 Å². The van der Waals surface area contributed by atoms with Crippen molar-refractivity contribution in [2.24, 2.45) is 4.99 Å². The molecule has 0 aliphatic carbocycles. The maximum Gasteiger partial charge on any atom is 0.247 e. The lowest BCUT2D eigenvalue weighted by Crippen LogP contribution is -2.31. The van der Waals surface area contributed by atoms with Crippen LogP contribution in [0.25, 0.3) is 0 Å². The van der Waals surface area contributed by atoms with E-state index in [0.717, 1.165) is 11.4 Å². The molecule has 0 saturated carbocycles. The lowest BCUT2D eigenvalue weighted by molar-refractivity contribution is -0.121. The fourth-order valence-electron chi connectivity index (χ4n) is 3.07. The Kier molecular flexibility index (Phi) is 6.16. The van der Waals surface area contributed by atoms with Gasteiger partial charge in [0.25, 0.3) is 0 Å². The average Bonchev–Trinajstić information content (AvgIpc) is 3.02. The zero-order valence-corrected chi connectivity index (χ0v) is 17.4. The summed E-state index contributed by atoms with van der Waals surface area (Å²) in [5.41, 5.74) is 2.09. The number of nitrogens with zero attached hydrogens (tertiary/aromatic N) is 2. The molecule has 7 heteroatoms. The molecule has 1 atom stereocenters. The van der Waals surface area contributed by atoms with Gasteiger partial charge in [0.05, 0.1) is 11.4 Å². The third-order valence-corrected chi connectivity index (χ3v) is 5.74. The highest BCUT2D eigenvalue weighted by Gasteiger charge is 2.40. The van der Waals surface area contributed by atoms with Crippen LogP contribution < -0.4 is 10.2 Å². The Balaban J connectivity index is 1.59. The first-order valence-electron chi connectivity index (χ1n) is 9.35. The van der Waals surface area contributed by atoms with Crippen molar-refractivity contribution in [2.45, 2.75) is 11.7 Å². The van der Waals surface area contributed by atoms with Crippen LogP contribution in [0.5, 0.6) is 0 Å². The van der Waals surface area contributed by atoms with Crippen molar-refractivity contribution in [1.82, 2.24) is 0 Å². The van der Waals surface area contributed by atoms with Gasteiger partial charge >= 0.3 is 0 Å². The minimum absolute atomic E-state index is 0.0975. The summed E-state index contributed by atoms with van der Waals surface area (Å²) in [6.07, 6.45) is 0.0975. The predicted octanol–water partition coefficient (Wildman–Crippen LogP) is 5.50. The summed E-state index contributed by atoms with van der Waals surface area (Å²) in [4.78, 5) is 31.5. The number of anilines is 2. The number of halogens is 1. The van der Waals surface area contributed by atoms with Crippen molar-refractivity contribution in [3.63, 3.8) is 0 Å². The molecule has 0 radical (unpaired) electrons. The Morgan fingerprint density at radius 3 is 2.37 bits per heavy atom. The number of thioether (sulfide) groups is 1. The lowest BCUT2D eigenvalue weighted by atomic mass is 10.3. The number of imide groups is 1. The summed E-state index contributed by atoms with van der Waals surface area (Å²) in [6.45, 7) is 0. The van der Waals surface area contributed by atoms with E-state index in [1.54, 1.807) is 24.3 Å². The van der Waals surface area contributed by atoms with Gasteiger partial charge in [0, 0.05) is 17.1 Å². The Morgan fingerprint density at radius 1 is 0.967 bits per heavy atom. The van der Waals surface area contributed by atoms with Gasteiger partial charge in [-0.25, -0.2) is 9.89 Å². The number of para-hydroxylation sites is 2. The van der Waals surface area contributed by atoms with Gasteiger partial charge in [-0.05, 0) is 42.5 Å². The highest BCUT2D eigenvalue weighted by atomic mass is 35.5. The van der Waals surface area contributed by atoms with Gasteiger partial charge < -0.3 is 5.32 Å². The van der Waals surface area contributed by atoms with E-state index in [1.165, 1.54) is 16.7 Å². The topological polar surface area (TPSA) is 61.8 Å². The Hall–Kier alpha value is -3.09. The molecular formula is C23H18ClN3O2S. The number of aliphatic imine (C=N–C) groups is 1. The molecule has 1 aliphatic heterocycles. The van der Waals surface area contributed by atoms with E-state index in [2.05, 4.69) is 10.3 Å². The van der Waals surface area contributed by atoms with Crippen LogP contribution in [0.3, 0.4) is 0 Å². The van der Waals surface area contributed by atoms with Gasteiger partial charge in [-0.2, -0.15) is 0 Å². The monoisotopic (exact) mass is 435 g/mol. The van der Waals surface area contributed by atoms with Crippen LogP contribution >= 0.6 is 23.4 Å². The molecule has 5 nitrogen and oxygen atoms in total. The third-order valence-electron chi connectivity index (χ3n) is 4.44. The number of hydrogen-bond acceptors (Lipinski definition) is 4. The molecule has 1 aliphatic rings. The molecule has 1 saturated heterocycles. The second-order valence-electron chi connectivity index (χ2n) is 6.60. The minimum atomic E-state index is -0.574. The first-order valence-corrected chi connectivity index (χ1v) is 10.6.